The van der Waals surface area contributed by atoms with E-state index in [9.17, 15) is 14.7 Å². The molecule has 5 nitrogen and oxygen atoms in total. The lowest BCUT2D eigenvalue weighted by Crippen LogP contribution is -2.57. The van der Waals surface area contributed by atoms with Crippen molar-refractivity contribution in [1.29, 1.82) is 0 Å². The highest BCUT2D eigenvalue weighted by atomic mass is 16.4. The average molecular weight is 284 g/mol. The highest BCUT2D eigenvalue weighted by Gasteiger charge is 2.49. The summed E-state index contributed by atoms with van der Waals surface area (Å²) in [6.45, 7) is 9.89. The number of carbonyl (C=O) groups excluding carboxylic acids is 1. The zero-order valence-electron chi connectivity index (χ0n) is 13.2. The normalized spacial score (nSPS) is 23.7. The second-order valence-corrected chi connectivity index (χ2v) is 5.78. The van der Waals surface area contributed by atoms with Crippen molar-refractivity contribution < 1.29 is 14.7 Å². The molecular weight excluding hydrogens is 256 g/mol. The van der Waals surface area contributed by atoms with E-state index in [4.69, 9.17) is 0 Å². The fourth-order valence-corrected chi connectivity index (χ4v) is 2.92. The molecule has 0 aliphatic carbocycles. The standard InChI is InChI=1S/C15H28N2O3/c1-5-12(4)11-16(7-3)14(20)17-10-8-9-15(17,6-2)13(18)19/h12H,5-11H2,1-4H3,(H,18,19). The third-order valence-electron chi connectivity index (χ3n) is 4.58. The predicted octanol–water partition coefficient (Wildman–Crippen LogP) is 2.80. The van der Waals surface area contributed by atoms with Gasteiger partial charge < -0.3 is 14.9 Å². The first kappa shape index (κ1) is 16.8. The zero-order chi connectivity index (χ0) is 15.3. The van der Waals surface area contributed by atoms with Gasteiger partial charge in [0, 0.05) is 19.6 Å². The molecule has 1 N–H and O–H groups in total. The van der Waals surface area contributed by atoms with Crippen LogP contribution < -0.4 is 0 Å². The Kier molecular flexibility index (Phi) is 5.84. The number of hydrogen-bond donors (Lipinski definition) is 1. The Morgan fingerprint density at radius 1 is 1.35 bits per heavy atom. The summed E-state index contributed by atoms with van der Waals surface area (Å²) in [6, 6.07) is -0.116. The molecule has 0 aromatic heterocycles. The number of carboxylic acid groups (broad SMARTS) is 1. The maximum atomic E-state index is 12.7. The van der Waals surface area contributed by atoms with Crippen molar-refractivity contribution in [2.45, 2.75) is 58.9 Å². The van der Waals surface area contributed by atoms with Gasteiger partial charge in [0.05, 0.1) is 0 Å². The predicted molar refractivity (Wildman–Crippen MR) is 78.7 cm³/mol. The number of hydrogen-bond acceptors (Lipinski definition) is 2. The van der Waals surface area contributed by atoms with Crippen molar-refractivity contribution in [2.24, 2.45) is 5.92 Å². The SMILES string of the molecule is CCC(C)CN(CC)C(=O)N1CCCC1(CC)C(=O)O. The van der Waals surface area contributed by atoms with Crippen LogP contribution in [0, 0.1) is 5.92 Å². The molecule has 5 heteroatoms. The molecule has 1 saturated heterocycles. The van der Waals surface area contributed by atoms with Gasteiger partial charge in [-0.05, 0) is 32.1 Å². The molecule has 1 fully saturated rings. The molecule has 0 saturated carbocycles. The molecule has 20 heavy (non-hydrogen) atoms. The summed E-state index contributed by atoms with van der Waals surface area (Å²) >= 11 is 0. The number of rotatable bonds is 6. The number of likely N-dealkylation sites (tertiary alicyclic amines) is 1. The largest absolute Gasteiger partial charge is 0.479 e. The number of carboxylic acids is 1. The molecule has 2 unspecified atom stereocenters. The summed E-state index contributed by atoms with van der Waals surface area (Å²) in [4.78, 5) is 27.7. The van der Waals surface area contributed by atoms with E-state index < -0.39 is 11.5 Å². The summed E-state index contributed by atoms with van der Waals surface area (Å²) in [6.07, 6.45) is 2.81. The topological polar surface area (TPSA) is 60.9 Å². The van der Waals surface area contributed by atoms with E-state index in [1.165, 1.54) is 0 Å². The van der Waals surface area contributed by atoms with Crippen molar-refractivity contribution in [1.82, 2.24) is 9.80 Å². The van der Waals surface area contributed by atoms with Crippen LogP contribution in [0.2, 0.25) is 0 Å². The first-order valence-electron chi connectivity index (χ1n) is 7.72. The van der Waals surface area contributed by atoms with Gasteiger partial charge in [-0.3, -0.25) is 0 Å². The van der Waals surface area contributed by atoms with Gasteiger partial charge >= 0.3 is 12.0 Å². The first-order valence-corrected chi connectivity index (χ1v) is 7.72. The molecule has 2 atom stereocenters. The summed E-state index contributed by atoms with van der Waals surface area (Å²) in [5, 5.41) is 9.55. The minimum Gasteiger partial charge on any atom is -0.479 e. The second-order valence-electron chi connectivity index (χ2n) is 5.78. The van der Waals surface area contributed by atoms with Crippen LogP contribution in [-0.4, -0.2) is 52.1 Å². The van der Waals surface area contributed by atoms with E-state index in [1.807, 2.05) is 13.8 Å². The highest BCUT2D eigenvalue weighted by Crippen LogP contribution is 2.33. The monoisotopic (exact) mass is 284 g/mol. The van der Waals surface area contributed by atoms with Crippen molar-refractivity contribution in [3.8, 4) is 0 Å². The second kappa shape index (κ2) is 6.95. The van der Waals surface area contributed by atoms with Crippen LogP contribution in [0.3, 0.4) is 0 Å². The van der Waals surface area contributed by atoms with Gasteiger partial charge in [0.2, 0.25) is 0 Å². The van der Waals surface area contributed by atoms with E-state index in [1.54, 1.807) is 9.80 Å². The van der Waals surface area contributed by atoms with Crippen LogP contribution in [0.5, 0.6) is 0 Å². The number of nitrogens with zero attached hydrogens (tertiary/aromatic N) is 2. The van der Waals surface area contributed by atoms with E-state index in [-0.39, 0.29) is 6.03 Å². The Bertz CT molecular complexity index is 359. The van der Waals surface area contributed by atoms with Gasteiger partial charge in [-0.25, -0.2) is 9.59 Å². The average Bonchev–Trinajstić information content (AvgIpc) is 2.88. The number of aliphatic carboxylic acids is 1. The van der Waals surface area contributed by atoms with Gasteiger partial charge in [-0.2, -0.15) is 0 Å². The molecule has 1 aliphatic heterocycles. The quantitative estimate of drug-likeness (QED) is 0.816. The number of carbonyl (C=O) groups is 2. The lowest BCUT2D eigenvalue weighted by molar-refractivity contribution is -0.148. The molecule has 1 heterocycles. The first-order chi connectivity index (χ1) is 9.42. The minimum absolute atomic E-state index is 0.116. The Labute approximate surface area is 121 Å². The molecule has 116 valence electrons. The fourth-order valence-electron chi connectivity index (χ4n) is 2.92. The highest BCUT2D eigenvalue weighted by molar-refractivity contribution is 5.87. The van der Waals surface area contributed by atoms with Crippen LogP contribution in [0.25, 0.3) is 0 Å². The molecule has 0 radical (unpaired) electrons. The summed E-state index contributed by atoms with van der Waals surface area (Å²) in [7, 11) is 0. The van der Waals surface area contributed by atoms with Crippen molar-refractivity contribution in [3.63, 3.8) is 0 Å². The molecule has 2 amide bonds. The summed E-state index contributed by atoms with van der Waals surface area (Å²) in [5.41, 5.74) is -1.00. The molecular formula is C15H28N2O3. The van der Waals surface area contributed by atoms with E-state index in [0.717, 1.165) is 12.8 Å². The fraction of sp³-hybridized carbons (Fsp3) is 0.867. The van der Waals surface area contributed by atoms with Crippen molar-refractivity contribution in [3.05, 3.63) is 0 Å². The van der Waals surface area contributed by atoms with Crippen molar-refractivity contribution >= 4 is 12.0 Å². The third-order valence-corrected chi connectivity index (χ3v) is 4.58. The van der Waals surface area contributed by atoms with Crippen LogP contribution in [-0.2, 0) is 4.79 Å². The summed E-state index contributed by atoms with van der Waals surface area (Å²) in [5.74, 6) is -0.437. The molecule has 0 spiro atoms. The summed E-state index contributed by atoms with van der Waals surface area (Å²) < 4.78 is 0. The Balaban J connectivity index is 2.90. The third kappa shape index (κ3) is 3.07. The Hall–Kier alpha value is -1.26. The van der Waals surface area contributed by atoms with Gasteiger partial charge in [-0.1, -0.05) is 27.2 Å². The van der Waals surface area contributed by atoms with E-state index >= 15 is 0 Å². The Morgan fingerprint density at radius 2 is 2.00 bits per heavy atom. The molecule has 0 aromatic rings. The maximum Gasteiger partial charge on any atom is 0.329 e. The lowest BCUT2D eigenvalue weighted by Gasteiger charge is -2.38. The van der Waals surface area contributed by atoms with Crippen LogP contribution >= 0.6 is 0 Å². The number of amides is 2. The molecule has 0 bridgehead atoms. The van der Waals surface area contributed by atoms with Gasteiger partial charge in [-0.15, -0.1) is 0 Å². The lowest BCUT2D eigenvalue weighted by atomic mass is 9.93. The van der Waals surface area contributed by atoms with Gasteiger partial charge in [0.15, 0.2) is 0 Å². The number of urea groups is 1. The maximum absolute atomic E-state index is 12.7. The minimum atomic E-state index is -1.00. The smallest absolute Gasteiger partial charge is 0.329 e. The van der Waals surface area contributed by atoms with E-state index in [0.29, 0.717) is 38.4 Å². The van der Waals surface area contributed by atoms with Crippen molar-refractivity contribution in [2.75, 3.05) is 19.6 Å². The van der Waals surface area contributed by atoms with Gasteiger partial charge in [0.1, 0.15) is 5.54 Å². The Morgan fingerprint density at radius 3 is 2.45 bits per heavy atom. The van der Waals surface area contributed by atoms with Crippen LogP contribution in [0.15, 0.2) is 0 Å². The zero-order valence-corrected chi connectivity index (χ0v) is 13.2. The van der Waals surface area contributed by atoms with Crippen LogP contribution in [0.4, 0.5) is 4.79 Å². The van der Waals surface area contributed by atoms with Gasteiger partial charge in [0.25, 0.3) is 0 Å². The van der Waals surface area contributed by atoms with E-state index in [2.05, 4.69) is 13.8 Å². The molecule has 1 rings (SSSR count). The molecule has 1 aliphatic rings. The van der Waals surface area contributed by atoms with Crippen LogP contribution in [0.1, 0.15) is 53.4 Å². The molecule has 0 aromatic carbocycles.